The molecular weight excluding hydrogens is 592 g/mol. The Labute approximate surface area is 266 Å². The van der Waals surface area contributed by atoms with Gasteiger partial charge in [0, 0.05) is 0 Å². The summed E-state index contributed by atoms with van der Waals surface area (Å²) in [6.07, 6.45) is 1.27. The van der Waals surface area contributed by atoms with E-state index in [1.807, 2.05) is 66.7 Å². The SMILES string of the molecule is COC(=O)N1C(=O)[C@@H]2[C@@H](CC(COc3ccccc3)=C3[C@@H](CC/C(=C/c4ccc(O)c(F)c4)c4ccccc4)OB(O)C[C@@H]32)C1=O. The number of carbonyl (C=O) groups is 3. The summed E-state index contributed by atoms with van der Waals surface area (Å²) in [6, 6.07) is 23.0. The zero-order valence-corrected chi connectivity index (χ0v) is 25.2. The first-order valence-electron chi connectivity index (χ1n) is 15.2. The molecule has 2 N–H and O–H groups in total. The minimum Gasteiger partial charge on any atom is -0.505 e. The number of phenolic OH excluding ortho intramolecular Hbond substituents is 1. The summed E-state index contributed by atoms with van der Waals surface area (Å²) < 4.78 is 31.2. The highest BCUT2D eigenvalue weighted by Gasteiger charge is 2.59. The van der Waals surface area contributed by atoms with Gasteiger partial charge in [-0.2, -0.15) is 4.90 Å². The lowest BCUT2D eigenvalue weighted by Crippen LogP contribution is -2.46. The molecule has 1 aliphatic carbocycles. The Bertz CT molecular complexity index is 1700. The molecule has 9 nitrogen and oxygen atoms in total. The first-order valence-corrected chi connectivity index (χ1v) is 15.2. The molecule has 2 heterocycles. The Kier molecular flexibility index (Phi) is 9.05. The smallest absolute Gasteiger partial charge is 0.455 e. The maximum Gasteiger partial charge on any atom is 0.455 e. The van der Waals surface area contributed by atoms with Crippen LogP contribution in [0.3, 0.4) is 0 Å². The molecule has 3 aliphatic rings. The molecule has 0 spiro atoms. The van der Waals surface area contributed by atoms with Crippen molar-refractivity contribution in [2.24, 2.45) is 17.8 Å². The van der Waals surface area contributed by atoms with E-state index in [0.29, 0.717) is 29.1 Å². The van der Waals surface area contributed by atoms with Gasteiger partial charge >= 0.3 is 13.2 Å². The maximum absolute atomic E-state index is 14.2. The Morgan fingerprint density at radius 3 is 2.46 bits per heavy atom. The summed E-state index contributed by atoms with van der Waals surface area (Å²) in [7, 11) is -0.0917. The molecule has 0 bridgehead atoms. The lowest BCUT2D eigenvalue weighted by atomic mass is 9.58. The van der Waals surface area contributed by atoms with Crippen LogP contribution < -0.4 is 4.74 Å². The molecule has 6 rings (SSSR count). The van der Waals surface area contributed by atoms with Gasteiger partial charge in [0.05, 0.1) is 25.0 Å². The van der Waals surface area contributed by atoms with Crippen molar-refractivity contribution in [2.45, 2.75) is 31.7 Å². The molecule has 11 heteroatoms. The van der Waals surface area contributed by atoms with Gasteiger partial charge in [0.1, 0.15) is 12.4 Å². The molecule has 0 saturated carbocycles. The van der Waals surface area contributed by atoms with Crippen LogP contribution in [0, 0.1) is 23.6 Å². The van der Waals surface area contributed by atoms with Crippen LogP contribution in [-0.4, -0.2) is 59.9 Å². The second-order valence-corrected chi connectivity index (χ2v) is 11.7. The first-order chi connectivity index (χ1) is 22.2. The van der Waals surface area contributed by atoms with E-state index >= 15 is 0 Å². The van der Waals surface area contributed by atoms with Gasteiger partial charge in [0.2, 0.25) is 11.8 Å². The summed E-state index contributed by atoms with van der Waals surface area (Å²) in [5.41, 5.74) is 3.90. The van der Waals surface area contributed by atoms with Crippen molar-refractivity contribution in [2.75, 3.05) is 13.7 Å². The topological polar surface area (TPSA) is 123 Å². The molecule has 3 aromatic rings. The van der Waals surface area contributed by atoms with E-state index in [9.17, 15) is 28.9 Å². The monoisotopic (exact) mass is 625 g/mol. The fourth-order valence-electron chi connectivity index (χ4n) is 6.91. The van der Waals surface area contributed by atoms with Crippen molar-refractivity contribution in [3.05, 3.63) is 107 Å². The number of likely N-dealkylation sites (tertiary alicyclic amines) is 1. The van der Waals surface area contributed by atoms with Gasteiger partial charge in [-0.15, -0.1) is 0 Å². The minimum atomic E-state index is -1.21. The van der Waals surface area contributed by atoms with Gasteiger partial charge in [-0.3, -0.25) is 9.59 Å². The van der Waals surface area contributed by atoms with E-state index in [1.165, 1.54) is 12.1 Å². The van der Waals surface area contributed by atoms with Crippen molar-refractivity contribution < 1.29 is 43.0 Å². The third-order valence-electron chi connectivity index (χ3n) is 8.95. The number of halogens is 1. The molecular formula is C35H33BFNO8. The number of phenols is 1. The molecule has 0 unspecified atom stereocenters. The van der Waals surface area contributed by atoms with Crippen molar-refractivity contribution in [3.63, 3.8) is 0 Å². The fourth-order valence-corrected chi connectivity index (χ4v) is 6.91. The standard InChI is InChI=1S/C35H33BFNO8/c1-44-35(42)38-33(40)26-18-24(20-45-25-10-6-3-7-11-25)31-27(32(26)34(38)41)19-36(43)46-30(31)15-13-23(22-8-4-2-5-9-22)16-21-12-14-29(39)28(37)17-21/h2-12,14,16-17,26-27,30,32,39,43H,13,15,18-20H2,1H3/b23-16-/t26-,27+,30-,32-/m1/s1. The number of amides is 3. The number of hydrogen-bond acceptors (Lipinski definition) is 8. The molecule has 2 saturated heterocycles. The number of benzene rings is 3. The second kappa shape index (κ2) is 13.3. The van der Waals surface area contributed by atoms with E-state index in [2.05, 4.69) is 0 Å². The summed E-state index contributed by atoms with van der Waals surface area (Å²) >= 11 is 0. The van der Waals surface area contributed by atoms with Crippen LogP contribution in [0.4, 0.5) is 9.18 Å². The molecule has 2 aliphatic heterocycles. The van der Waals surface area contributed by atoms with E-state index in [-0.39, 0.29) is 19.3 Å². The van der Waals surface area contributed by atoms with Gasteiger partial charge in [-0.05, 0) is 83.6 Å². The number of ether oxygens (including phenoxy) is 2. The maximum atomic E-state index is 14.2. The van der Waals surface area contributed by atoms with Crippen LogP contribution in [-0.2, 0) is 19.0 Å². The van der Waals surface area contributed by atoms with Gasteiger partial charge in [-0.25, -0.2) is 9.18 Å². The lowest BCUT2D eigenvalue weighted by Gasteiger charge is -2.43. The zero-order valence-electron chi connectivity index (χ0n) is 25.2. The molecule has 236 valence electrons. The largest absolute Gasteiger partial charge is 0.505 e. The Morgan fingerprint density at radius 1 is 1.04 bits per heavy atom. The first kappa shape index (κ1) is 31.3. The van der Waals surface area contributed by atoms with Crippen molar-refractivity contribution >= 4 is 36.7 Å². The number of hydrogen-bond donors (Lipinski definition) is 2. The van der Waals surface area contributed by atoms with Crippen molar-refractivity contribution in [3.8, 4) is 11.5 Å². The van der Waals surface area contributed by atoms with Crippen LogP contribution in [0.1, 0.15) is 30.4 Å². The van der Waals surface area contributed by atoms with E-state index in [0.717, 1.165) is 29.4 Å². The zero-order chi connectivity index (χ0) is 32.4. The Balaban J connectivity index is 1.36. The average molecular weight is 625 g/mol. The lowest BCUT2D eigenvalue weighted by molar-refractivity contribution is -0.137. The summed E-state index contributed by atoms with van der Waals surface area (Å²) in [6.45, 7) is 0.128. The number of para-hydroxylation sites is 1. The molecule has 3 amide bonds. The van der Waals surface area contributed by atoms with Crippen LogP contribution in [0.5, 0.6) is 11.5 Å². The number of carbonyl (C=O) groups excluding carboxylic acids is 3. The number of methoxy groups -OCH3 is 1. The molecule has 4 atom stereocenters. The molecule has 0 radical (unpaired) electrons. The van der Waals surface area contributed by atoms with E-state index in [4.69, 9.17) is 14.1 Å². The summed E-state index contributed by atoms with van der Waals surface area (Å²) in [5, 5.41) is 20.6. The summed E-state index contributed by atoms with van der Waals surface area (Å²) in [5.74, 6) is -4.02. The normalized spacial score (nSPS) is 22.9. The van der Waals surface area contributed by atoms with Gasteiger partial charge in [-0.1, -0.05) is 60.7 Å². The van der Waals surface area contributed by atoms with Crippen molar-refractivity contribution in [1.29, 1.82) is 0 Å². The molecule has 3 aromatic carbocycles. The van der Waals surface area contributed by atoms with Gasteiger partial charge < -0.3 is 24.3 Å². The Hall–Kier alpha value is -4.74. The highest BCUT2D eigenvalue weighted by molar-refractivity contribution is 6.43. The predicted molar refractivity (Wildman–Crippen MR) is 168 cm³/mol. The van der Waals surface area contributed by atoms with E-state index < -0.39 is 60.5 Å². The third kappa shape index (κ3) is 6.20. The van der Waals surface area contributed by atoms with Gasteiger partial charge in [0.25, 0.3) is 0 Å². The van der Waals surface area contributed by atoms with Crippen molar-refractivity contribution in [1.82, 2.24) is 4.90 Å². The van der Waals surface area contributed by atoms with Crippen LogP contribution in [0.15, 0.2) is 90.0 Å². The number of aromatic hydroxyl groups is 1. The fraction of sp³-hybridized carbons (Fsp3) is 0.286. The van der Waals surface area contributed by atoms with Gasteiger partial charge in [0.15, 0.2) is 11.6 Å². The molecule has 0 aromatic heterocycles. The predicted octanol–water partition coefficient (Wildman–Crippen LogP) is 5.49. The molecule has 46 heavy (non-hydrogen) atoms. The van der Waals surface area contributed by atoms with Crippen LogP contribution in [0.25, 0.3) is 11.6 Å². The number of imide groups is 3. The second-order valence-electron chi connectivity index (χ2n) is 11.7. The number of allylic oxidation sites excluding steroid dienone is 1. The number of fused-ring (bicyclic) bond motifs is 3. The number of rotatable bonds is 8. The minimum absolute atomic E-state index is 0.0734. The third-order valence-corrected chi connectivity index (χ3v) is 8.95. The quantitative estimate of drug-likeness (QED) is 0.146. The number of nitrogens with zero attached hydrogens (tertiary/aromatic N) is 1. The Morgan fingerprint density at radius 2 is 1.76 bits per heavy atom. The average Bonchev–Trinajstić information content (AvgIpc) is 3.32. The highest BCUT2D eigenvalue weighted by atomic mass is 19.1. The summed E-state index contributed by atoms with van der Waals surface area (Å²) in [4.78, 5) is 40.0. The molecule has 2 fully saturated rings. The highest BCUT2D eigenvalue weighted by Crippen LogP contribution is 2.51. The van der Waals surface area contributed by atoms with E-state index in [1.54, 1.807) is 6.07 Å². The van der Waals surface area contributed by atoms with Crippen LogP contribution >= 0.6 is 0 Å². The van der Waals surface area contributed by atoms with Crippen LogP contribution in [0.2, 0.25) is 6.32 Å².